The van der Waals surface area contributed by atoms with Gasteiger partial charge in [0.25, 0.3) is 0 Å². The maximum Gasteiger partial charge on any atom is 4.00 e. The average molecular weight is 546 g/mol. The Morgan fingerprint density at radius 2 is 0.970 bits per heavy atom. The topological polar surface area (TPSA) is 0 Å². The zero-order valence-corrected chi connectivity index (χ0v) is 24.9. The Bertz CT molecular complexity index is 1050. The molecule has 0 bridgehead atoms. The average Bonchev–Trinajstić information content (AvgIpc) is 3.34. The second kappa shape index (κ2) is 11.9. The molecule has 0 radical (unpaired) electrons. The molecule has 2 aliphatic rings. The molecule has 2 fully saturated rings. The SMILES string of the molecule is CC[Si]1([c-]2ccc3ccccc32)CCC1.CC[Si]1([c-]2ccc3ccccc32)CCC1.[Cl-].[Cl-].[Ti+4]. The molecule has 0 saturated carbocycles. The van der Waals surface area contributed by atoms with E-state index in [2.05, 4.69) is 86.6 Å². The van der Waals surface area contributed by atoms with Crippen LogP contribution in [0.1, 0.15) is 26.7 Å². The van der Waals surface area contributed by atoms with Crippen LogP contribution in [0, 0.1) is 0 Å². The minimum absolute atomic E-state index is 0. The fraction of sp³-hybridized carbons (Fsp3) is 0.357. The summed E-state index contributed by atoms with van der Waals surface area (Å²) < 4.78 is 0. The van der Waals surface area contributed by atoms with Crippen LogP contribution in [0.3, 0.4) is 0 Å². The summed E-state index contributed by atoms with van der Waals surface area (Å²) in [6.07, 6.45) is 2.94. The number of halogens is 2. The fourth-order valence-electron chi connectivity index (χ4n) is 6.06. The summed E-state index contributed by atoms with van der Waals surface area (Å²) in [6.45, 7) is 4.79. The Labute approximate surface area is 229 Å². The first-order valence-corrected chi connectivity index (χ1v) is 17.3. The van der Waals surface area contributed by atoms with Crippen molar-refractivity contribution in [1.29, 1.82) is 0 Å². The van der Waals surface area contributed by atoms with E-state index in [4.69, 9.17) is 0 Å². The van der Waals surface area contributed by atoms with Gasteiger partial charge in [-0.3, -0.25) is 0 Å². The van der Waals surface area contributed by atoms with E-state index in [1.165, 1.54) is 59.9 Å². The third kappa shape index (κ3) is 5.03. The third-order valence-electron chi connectivity index (χ3n) is 8.48. The standard InChI is InChI=1S/2C14H17Si.2ClH.Ti/c2*1-2-15(10-5-11-15)14-9-8-12-6-3-4-7-13(12)14;;;/h2*3-4,6-9H,2,5,10-11H2,1H3;2*1H;/q2*-1;;;+4/p-2. The minimum atomic E-state index is -1.01. The summed E-state index contributed by atoms with van der Waals surface area (Å²) in [7, 11) is -2.01. The van der Waals surface area contributed by atoms with Gasteiger partial charge in [0.2, 0.25) is 0 Å². The minimum Gasteiger partial charge on any atom is -1.00 e. The monoisotopic (exact) mass is 544 g/mol. The smallest absolute Gasteiger partial charge is 1.00 e. The molecule has 4 aromatic rings. The van der Waals surface area contributed by atoms with Gasteiger partial charge >= 0.3 is 21.7 Å². The van der Waals surface area contributed by atoms with Crippen molar-refractivity contribution >= 4 is 48.1 Å². The third-order valence-corrected chi connectivity index (χ3v) is 19.6. The number of hydrogen-bond acceptors (Lipinski definition) is 0. The van der Waals surface area contributed by atoms with Gasteiger partial charge < -0.3 is 24.8 Å². The normalized spacial score (nSPS) is 17.3. The molecule has 6 rings (SSSR count). The molecule has 0 aromatic heterocycles. The summed E-state index contributed by atoms with van der Waals surface area (Å²) in [5.74, 6) is 0. The van der Waals surface area contributed by atoms with Crippen LogP contribution in [0.25, 0.3) is 21.5 Å². The van der Waals surface area contributed by atoms with Crippen molar-refractivity contribution in [1.82, 2.24) is 0 Å². The van der Waals surface area contributed by atoms with Crippen LogP contribution in [0.4, 0.5) is 0 Å². The summed E-state index contributed by atoms with van der Waals surface area (Å²) in [5.41, 5.74) is 0. The van der Waals surface area contributed by atoms with E-state index >= 15 is 0 Å². The molecule has 0 amide bonds. The van der Waals surface area contributed by atoms with E-state index in [0.717, 1.165) is 0 Å². The van der Waals surface area contributed by atoms with Crippen LogP contribution >= 0.6 is 0 Å². The summed E-state index contributed by atoms with van der Waals surface area (Å²) in [6, 6.07) is 36.2. The number of fused-ring (bicyclic) bond motifs is 2. The van der Waals surface area contributed by atoms with Crippen LogP contribution in [-0.4, -0.2) is 16.1 Å². The Morgan fingerprint density at radius 1 is 0.606 bits per heavy atom. The molecule has 0 atom stereocenters. The molecular weight excluding hydrogens is 511 g/mol. The van der Waals surface area contributed by atoms with Gasteiger partial charge in [-0.15, -0.1) is 68.3 Å². The molecule has 33 heavy (non-hydrogen) atoms. The van der Waals surface area contributed by atoms with E-state index in [0.29, 0.717) is 0 Å². The first kappa shape index (κ1) is 28.6. The maximum atomic E-state index is 2.42. The van der Waals surface area contributed by atoms with Crippen molar-refractivity contribution in [2.45, 2.75) is 63.0 Å². The molecule has 0 nitrogen and oxygen atoms in total. The summed E-state index contributed by atoms with van der Waals surface area (Å²) in [5, 5.41) is 9.47. The summed E-state index contributed by atoms with van der Waals surface area (Å²) >= 11 is 0. The van der Waals surface area contributed by atoms with Crippen molar-refractivity contribution in [3.8, 4) is 0 Å². The molecular formula is C28H34Cl2Si2Ti. The van der Waals surface area contributed by atoms with E-state index in [1.807, 2.05) is 0 Å². The molecule has 0 N–H and O–H groups in total. The molecule has 0 spiro atoms. The van der Waals surface area contributed by atoms with Gasteiger partial charge in [-0.05, 0) is 0 Å². The van der Waals surface area contributed by atoms with E-state index in [9.17, 15) is 0 Å². The fourth-order valence-corrected chi connectivity index (χ4v) is 14.2. The number of hydrogen-bond donors (Lipinski definition) is 0. The molecule has 4 aromatic carbocycles. The molecule has 172 valence electrons. The van der Waals surface area contributed by atoms with E-state index in [1.54, 1.807) is 21.1 Å². The van der Waals surface area contributed by atoms with E-state index < -0.39 is 16.1 Å². The van der Waals surface area contributed by atoms with Gasteiger partial charge in [-0.2, -0.15) is 24.3 Å². The Morgan fingerprint density at radius 3 is 1.27 bits per heavy atom. The number of rotatable bonds is 4. The predicted octanol–water partition coefficient (Wildman–Crippen LogP) is 1.28. The van der Waals surface area contributed by atoms with Crippen molar-refractivity contribution in [3.63, 3.8) is 0 Å². The van der Waals surface area contributed by atoms with Gasteiger partial charge in [0.15, 0.2) is 0 Å². The van der Waals surface area contributed by atoms with Crippen molar-refractivity contribution in [3.05, 3.63) is 72.8 Å². The van der Waals surface area contributed by atoms with Crippen LogP contribution in [0.2, 0.25) is 36.3 Å². The maximum absolute atomic E-state index is 2.42. The second-order valence-electron chi connectivity index (χ2n) is 9.64. The zero-order valence-electron chi connectivity index (χ0n) is 19.8. The van der Waals surface area contributed by atoms with Gasteiger partial charge in [0.05, 0.1) is 0 Å². The Hall–Kier alpha value is -0.612. The largest absolute Gasteiger partial charge is 4.00 e. The van der Waals surface area contributed by atoms with Gasteiger partial charge in [0, 0.05) is 16.1 Å². The van der Waals surface area contributed by atoms with Crippen molar-refractivity contribution < 1.29 is 46.5 Å². The second-order valence-corrected chi connectivity index (χ2v) is 19.3. The van der Waals surface area contributed by atoms with E-state index in [-0.39, 0.29) is 46.5 Å². The first-order chi connectivity index (χ1) is 14.7. The Balaban J connectivity index is 0.000000214. The Kier molecular flexibility index (Phi) is 10.3. The zero-order chi connectivity index (χ0) is 20.6. The molecule has 0 unspecified atom stereocenters. The van der Waals surface area contributed by atoms with Crippen LogP contribution < -0.4 is 35.2 Å². The summed E-state index contributed by atoms with van der Waals surface area (Å²) in [4.78, 5) is 0. The van der Waals surface area contributed by atoms with Gasteiger partial charge in [-0.1, -0.05) is 75.1 Å². The molecule has 2 saturated heterocycles. The molecule has 2 heterocycles. The molecule has 5 heteroatoms. The van der Waals surface area contributed by atoms with Crippen LogP contribution in [-0.2, 0) is 21.7 Å². The quantitative estimate of drug-likeness (QED) is 0.268. The van der Waals surface area contributed by atoms with Crippen LogP contribution in [0.15, 0.2) is 72.8 Å². The molecule has 0 aliphatic carbocycles. The van der Waals surface area contributed by atoms with Crippen molar-refractivity contribution in [2.75, 3.05) is 0 Å². The molecule has 2 aliphatic heterocycles. The van der Waals surface area contributed by atoms with Crippen molar-refractivity contribution in [2.24, 2.45) is 0 Å². The predicted molar refractivity (Wildman–Crippen MR) is 139 cm³/mol. The first-order valence-electron chi connectivity index (χ1n) is 12.0. The van der Waals surface area contributed by atoms with Gasteiger partial charge in [0.1, 0.15) is 0 Å². The van der Waals surface area contributed by atoms with Crippen LogP contribution in [0.5, 0.6) is 0 Å². The van der Waals surface area contributed by atoms with Gasteiger partial charge in [-0.25, -0.2) is 0 Å². The number of benzene rings is 2.